The first-order valence-electron chi connectivity index (χ1n) is 12.5. The number of sulfone groups is 1. The van der Waals surface area contributed by atoms with Gasteiger partial charge in [-0.2, -0.15) is 4.31 Å². The summed E-state index contributed by atoms with van der Waals surface area (Å²) in [7, 11) is -7.04. The molecule has 0 unspecified atom stereocenters. The van der Waals surface area contributed by atoms with Gasteiger partial charge >= 0.3 is 0 Å². The zero-order valence-electron chi connectivity index (χ0n) is 21.3. The molecule has 0 N–H and O–H groups in total. The Morgan fingerprint density at radius 3 is 2.44 bits per heavy atom. The van der Waals surface area contributed by atoms with Gasteiger partial charge in [0.25, 0.3) is 10.0 Å². The van der Waals surface area contributed by atoms with E-state index >= 15 is 0 Å². The van der Waals surface area contributed by atoms with Crippen LogP contribution in [-0.2, 0) is 29.4 Å². The number of hydrogen-bond donors (Lipinski definition) is 0. The topological polar surface area (TPSA) is 117 Å². The van der Waals surface area contributed by atoms with Gasteiger partial charge in [-0.15, -0.1) is 11.3 Å². The van der Waals surface area contributed by atoms with Crippen molar-refractivity contribution in [3.05, 3.63) is 34.7 Å². The van der Waals surface area contributed by atoms with Crippen molar-refractivity contribution in [2.24, 2.45) is 5.92 Å². The predicted octanol–water partition coefficient (Wildman–Crippen LogP) is 3.18. The minimum Gasteiger partial charge on any atom is -0.379 e. The highest BCUT2D eigenvalue weighted by Gasteiger charge is 2.35. The average Bonchev–Trinajstić information content (AvgIpc) is 3.55. The second-order valence-corrected chi connectivity index (χ2v) is 16.5. The van der Waals surface area contributed by atoms with E-state index in [1.165, 1.54) is 27.8 Å². The van der Waals surface area contributed by atoms with Crippen molar-refractivity contribution < 1.29 is 26.4 Å². The molecule has 4 heterocycles. The number of thiophene rings is 1. The molecular formula is C24H29ClN4O6S4. The van der Waals surface area contributed by atoms with Crippen LogP contribution in [0.5, 0.6) is 0 Å². The fraction of sp³-hybridized carbons (Fsp3) is 0.500. The lowest BCUT2D eigenvalue weighted by atomic mass is 9.96. The van der Waals surface area contributed by atoms with Gasteiger partial charge in [0, 0.05) is 51.4 Å². The Morgan fingerprint density at radius 1 is 1.08 bits per heavy atom. The molecule has 0 spiro atoms. The normalized spacial score (nSPS) is 18.5. The van der Waals surface area contributed by atoms with Gasteiger partial charge in [0.05, 0.1) is 32.7 Å². The first kappa shape index (κ1) is 28.9. The predicted molar refractivity (Wildman–Crippen MR) is 153 cm³/mol. The number of carbonyl (C=O) groups is 1. The van der Waals surface area contributed by atoms with E-state index in [0.717, 1.165) is 30.7 Å². The smallest absolute Gasteiger partial charge is 0.252 e. The molecule has 2 aliphatic rings. The zero-order valence-corrected chi connectivity index (χ0v) is 25.3. The maximum Gasteiger partial charge on any atom is 0.252 e. The van der Waals surface area contributed by atoms with Crippen molar-refractivity contribution in [2.75, 3.05) is 63.6 Å². The lowest BCUT2D eigenvalue weighted by Crippen LogP contribution is -2.47. The number of nitrogens with zero attached hydrogens (tertiary/aromatic N) is 4. The largest absolute Gasteiger partial charge is 0.379 e. The van der Waals surface area contributed by atoms with E-state index in [2.05, 4.69) is 9.88 Å². The molecule has 212 valence electrons. The van der Waals surface area contributed by atoms with Crippen molar-refractivity contribution in [1.29, 1.82) is 0 Å². The molecule has 2 aromatic heterocycles. The Hall–Kier alpha value is -1.65. The highest BCUT2D eigenvalue weighted by molar-refractivity contribution is 7.91. The van der Waals surface area contributed by atoms with E-state index in [4.69, 9.17) is 16.3 Å². The fourth-order valence-corrected chi connectivity index (χ4v) is 9.60. The number of aromatic nitrogens is 1. The van der Waals surface area contributed by atoms with Crippen molar-refractivity contribution in [2.45, 2.75) is 21.9 Å². The molecular weight excluding hydrogens is 604 g/mol. The number of sulfonamides is 1. The van der Waals surface area contributed by atoms with Gasteiger partial charge in [0.1, 0.15) is 4.21 Å². The van der Waals surface area contributed by atoms with Crippen LogP contribution in [0.15, 0.2) is 39.4 Å². The van der Waals surface area contributed by atoms with Crippen molar-refractivity contribution in [3.8, 4) is 0 Å². The van der Waals surface area contributed by atoms with Crippen LogP contribution in [0.2, 0.25) is 4.34 Å². The second kappa shape index (κ2) is 11.7. The zero-order chi connectivity index (χ0) is 27.8. The molecule has 0 atom stereocenters. The van der Waals surface area contributed by atoms with E-state index < -0.39 is 19.9 Å². The van der Waals surface area contributed by atoms with Gasteiger partial charge in [0.2, 0.25) is 5.91 Å². The molecule has 10 nitrogen and oxygen atoms in total. The third kappa shape index (κ3) is 6.48. The molecule has 1 amide bonds. The Morgan fingerprint density at radius 2 is 1.79 bits per heavy atom. The summed E-state index contributed by atoms with van der Waals surface area (Å²) >= 11 is 8.26. The molecule has 3 aromatic rings. The van der Waals surface area contributed by atoms with Gasteiger partial charge < -0.3 is 4.74 Å². The standard InChI is InChI=1S/C24H29ClN4O6S4/c1-38(31,32)18-2-3-19-20(16-18)36-24(26-19)29(11-10-27-12-14-35-15-13-27)23(30)17-6-8-28(9-7-17)39(33,34)22-5-4-21(25)37-22/h2-5,16-17H,6-15H2,1H3. The number of hydrogen-bond acceptors (Lipinski definition) is 10. The third-order valence-electron chi connectivity index (χ3n) is 6.96. The van der Waals surface area contributed by atoms with Crippen molar-refractivity contribution >= 4 is 75.4 Å². The maximum atomic E-state index is 13.9. The number of amides is 1. The SMILES string of the molecule is CS(=O)(=O)c1ccc2nc(N(CCN3CCOCC3)C(=O)C3CCN(S(=O)(=O)c4ccc(Cl)s4)CC3)sc2c1. The Kier molecular flexibility index (Phi) is 8.65. The minimum atomic E-state index is -3.66. The molecule has 2 saturated heterocycles. The molecule has 0 radical (unpaired) electrons. The number of anilines is 1. The summed E-state index contributed by atoms with van der Waals surface area (Å²) in [5, 5.41) is 0.511. The monoisotopic (exact) mass is 632 g/mol. The van der Waals surface area contributed by atoms with Crippen LogP contribution in [0, 0.1) is 5.92 Å². The Balaban J connectivity index is 1.35. The van der Waals surface area contributed by atoms with Gasteiger partial charge in [-0.25, -0.2) is 21.8 Å². The number of benzene rings is 1. The number of ether oxygens (including phenoxy) is 1. The molecule has 0 aliphatic carbocycles. The summed E-state index contributed by atoms with van der Waals surface area (Å²) < 4.78 is 58.3. The maximum absolute atomic E-state index is 13.9. The molecule has 39 heavy (non-hydrogen) atoms. The Labute approximate surface area is 241 Å². The van der Waals surface area contributed by atoms with Gasteiger partial charge in [0.15, 0.2) is 15.0 Å². The van der Waals surface area contributed by atoms with Crippen molar-refractivity contribution in [3.63, 3.8) is 0 Å². The van der Waals surface area contributed by atoms with E-state index in [-0.39, 0.29) is 34.0 Å². The summed E-state index contributed by atoms with van der Waals surface area (Å²) in [4.78, 5) is 22.7. The van der Waals surface area contributed by atoms with E-state index in [1.54, 1.807) is 23.1 Å². The molecule has 2 fully saturated rings. The molecule has 2 aliphatic heterocycles. The summed E-state index contributed by atoms with van der Waals surface area (Å²) in [6, 6.07) is 7.86. The molecule has 5 rings (SSSR count). The molecule has 1 aromatic carbocycles. The van der Waals surface area contributed by atoms with Crippen LogP contribution in [0.25, 0.3) is 10.2 Å². The number of halogens is 1. The third-order valence-corrected chi connectivity index (χ3v) is 12.7. The van der Waals surface area contributed by atoms with E-state index in [9.17, 15) is 21.6 Å². The molecule has 0 saturated carbocycles. The van der Waals surface area contributed by atoms with Gasteiger partial charge in [-0.1, -0.05) is 22.9 Å². The average molecular weight is 633 g/mol. The lowest BCUT2D eigenvalue weighted by Gasteiger charge is -2.34. The number of rotatable bonds is 8. The van der Waals surface area contributed by atoms with Crippen LogP contribution >= 0.6 is 34.3 Å². The number of piperidine rings is 1. The van der Waals surface area contributed by atoms with E-state index in [0.29, 0.717) is 58.8 Å². The van der Waals surface area contributed by atoms with Gasteiger partial charge in [-0.05, 0) is 43.2 Å². The van der Waals surface area contributed by atoms with E-state index in [1.807, 2.05) is 0 Å². The number of fused-ring (bicyclic) bond motifs is 1. The summed E-state index contributed by atoms with van der Waals surface area (Å²) in [5.41, 5.74) is 0.627. The lowest BCUT2D eigenvalue weighted by molar-refractivity contribution is -0.123. The minimum absolute atomic E-state index is 0.0955. The van der Waals surface area contributed by atoms with Gasteiger partial charge in [-0.3, -0.25) is 14.6 Å². The highest BCUT2D eigenvalue weighted by Crippen LogP contribution is 2.34. The first-order valence-corrected chi connectivity index (χ1v) is 17.8. The van der Waals surface area contributed by atoms with Crippen LogP contribution in [0.3, 0.4) is 0 Å². The summed E-state index contributed by atoms with van der Waals surface area (Å²) in [6.07, 6.45) is 1.95. The number of carbonyl (C=O) groups excluding carboxylic acids is 1. The molecule has 15 heteroatoms. The Bertz CT molecular complexity index is 1560. The van der Waals surface area contributed by atoms with Crippen LogP contribution in [-0.4, -0.2) is 95.7 Å². The van der Waals surface area contributed by atoms with Crippen LogP contribution in [0.4, 0.5) is 5.13 Å². The molecule has 0 bridgehead atoms. The van der Waals surface area contributed by atoms with Crippen molar-refractivity contribution in [1.82, 2.24) is 14.2 Å². The number of thiazole rings is 1. The number of morpholine rings is 1. The summed E-state index contributed by atoms with van der Waals surface area (Å²) in [5.74, 6) is -0.450. The first-order chi connectivity index (χ1) is 18.5. The quantitative estimate of drug-likeness (QED) is 0.372. The fourth-order valence-electron chi connectivity index (χ4n) is 4.73. The second-order valence-electron chi connectivity index (χ2n) is 9.58. The highest BCUT2D eigenvalue weighted by atomic mass is 35.5. The van der Waals surface area contributed by atoms with Crippen LogP contribution < -0.4 is 4.90 Å². The summed E-state index contributed by atoms with van der Waals surface area (Å²) in [6.45, 7) is 4.39. The van der Waals surface area contributed by atoms with Crippen LogP contribution in [0.1, 0.15) is 12.8 Å².